The van der Waals surface area contributed by atoms with Gasteiger partial charge in [-0.3, -0.25) is 0 Å². The molecule has 3 heteroatoms. The second kappa shape index (κ2) is 5.71. The summed E-state index contributed by atoms with van der Waals surface area (Å²) in [5.41, 5.74) is 7.68. The van der Waals surface area contributed by atoms with Gasteiger partial charge >= 0.3 is 0 Å². The summed E-state index contributed by atoms with van der Waals surface area (Å²) in [6.45, 7) is 2.87. The lowest BCUT2D eigenvalue weighted by molar-refractivity contribution is 1.06. The molecule has 1 rings (SSSR count). The normalized spacial score (nSPS) is 10.1. The molecule has 0 spiro atoms. The van der Waals surface area contributed by atoms with Gasteiger partial charge in [0.2, 0.25) is 0 Å². The van der Waals surface area contributed by atoms with Gasteiger partial charge in [-0.25, -0.2) is 0 Å². The number of benzene rings is 1. The van der Waals surface area contributed by atoms with Gasteiger partial charge < -0.3 is 11.1 Å². The van der Waals surface area contributed by atoms with Crippen molar-refractivity contribution in [2.24, 2.45) is 0 Å². The van der Waals surface area contributed by atoms with Crippen LogP contribution in [-0.4, -0.2) is 6.54 Å². The number of nitrogens with two attached hydrogens (primary N) is 1. The van der Waals surface area contributed by atoms with Crippen LogP contribution in [0.4, 0.5) is 11.4 Å². The molecule has 1 aromatic rings. The first-order valence-corrected chi connectivity index (χ1v) is 4.92. The first-order valence-electron chi connectivity index (χ1n) is 4.92. The summed E-state index contributed by atoms with van der Waals surface area (Å²) in [6.07, 6.45) is 5.10. The summed E-state index contributed by atoms with van der Waals surface area (Å²) in [6, 6.07) is 7.42. The number of hydrogen-bond acceptors (Lipinski definition) is 3. The predicted molar refractivity (Wildman–Crippen MR) is 63.5 cm³/mol. The second-order valence-corrected chi connectivity index (χ2v) is 3.20. The average molecular weight is 201 g/mol. The Labute approximate surface area is 90.2 Å². The van der Waals surface area contributed by atoms with Crippen LogP contribution in [0.5, 0.6) is 0 Å². The maximum Gasteiger partial charge on any atom is 0.101 e. The molecule has 1 aromatic carbocycles. The van der Waals surface area contributed by atoms with Crippen molar-refractivity contribution in [3.63, 3.8) is 0 Å². The number of allylic oxidation sites excluding steroid dienone is 1. The van der Waals surface area contributed by atoms with Gasteiger partial charge in [-0.05, 0) is 31.5 Å². The maximum absolute atomic E-state index is 8.70. The molecular weight excluding hydrogens is 186 g/mol. The Morgan fingerprint density at radius 2 is 2.33 bits per heavy atom. The molecule has 0 aromatic heterocycles. The minimum Gasteiger partial charge on any atom is -0.398 e. The van der Waals surface area contributed by atoms with Crippen LogP contribution in [0.2, 0.25) is 0 Å². The van der Waals surface area contributed by atoms with Crippen LogP contribution in [0.25, 0.3) is 0 Å². The number of nitrogens with one attached hydrogen (secondary N) is 1. The molecule has 0 saturated heterocycles. The van der Waals surface area contributed by atoms with E-state index in [-0.39, 0.29) is 0 Å². The molecule has 0 fully saturated rings. The molecule has 0 atom stereocenters. The van der Waals surface area contributed by atoms with Crippen molar-refractivity contribution in [1.82, 2.24) is 0 Å². The third kappa shape index (κ3) is 3.35. The summed E-state index contributed by atoms with van der Waals surface area (Å²) in [7, 11) is 0. The third-order valence-corrected chi connectivity index (χ3v) is 2.05. The van der Waals surface area contributed by atoms with Crippen molar-refractivity contribution >= 4 is 11.4 Å². The highest BCUT2D eigenvalue weighted by Gasteiger charge is 1.98. The highest BCUT2D eigenvalue weighted by Crippen LogP contribution is 2.16. The predicted octanol–water partition coefficient (Wildman–Crippen LogP) is 2.52. The monoisotopic (exact) mass is 201 g/mol. The third-order valence-electron chi connectivity index (χ3n) is 2.05. The number of nitrogens with zero attached hydrogens (tertiary/aromatic N) is 1. The Morgan fingerprint density at radius 1 is 1.53 bits per heavy atom. The Kier molecular flexibility index (Phi) is 4.24. The van der Waals surface area contributed by atoms with E-state index in [0.29, 0.717) is 11.3 Å². The lowest BCUT2D eigenvalue weighted by atomic mass is 10.2. The summed E-state index contributed by atoms with van der Waals surface area (Å²) in [5.74, 6) is 0. The molecule has 0 aliphatic rings. The smallest absolute Gasteiger partial charge is 0.101 e. The van der Waals surface area contributed by atoms with E-state index in [0.717, 1.165) is 18.7 Å². The fourth-order valence-electron chi connectivity index (χ4n) is 1.24. The van der Waals surface area contributed by atoms with E-state index in [9.17, 15) is 0 Å². The fourth-order valence-corrected chi connectivity index (χ4v) is 1.24. The van der Waals surface area contributed by atoms with Crippen LogP contribution in [0.3, 0.4) is 0 Å². The molecule has 78 valence electrons. The van der Waals surface area contributed by atoms with Crippen molar-refractivity contribution in [2.45, 2.75) is 13.3 Å². The second-order valence-electron chi connectivity index (χ2n) is 3.20. The van der Waals surface area contributed by atoms with E-state index in [2.05, 4.69) is 11.4 Å². The van der Waals surface area contributed by atoms with Crippen LogP contribution >= 0.6 is 0 Å². The highest BCUT2D eigenvalue weighted by atomic mass is 14.9. The lowest BCUT2D eigenvalue weighted by Gasteiger charge is -2.06. The Morgan fingerprint density at radius 3 is 2.93 bits per heavy atom. The molecule has 0 unspecified atom stereocenters. The van der Waals surface area contributed by atoms with Crippen molar-refractivity contribution in [2.75, 3.05) is 17.6 Å². The molecule has 0 bridgehead atoms. The van der Waals surface area contributed by atoms with Gasteiger partial charge in [-0.2, -0.15) is 5.26 Å². The highest BCUT2D eigenvalue weighted by molar-refractivity contribution is 5.62. The zero-order valence-electron chi connectivity index (χ0n) is 8.83. The number of nitrogen functional groups attached to an aromatic ring is 1. The standard InChI is InChI=1S/C12H15N3/c1-2-3-4-7-15-11-6-5-10(9-13)12(14)8-11/h2-3,5-6,8,15H,4,7,14H2,1H3/b3-2+. The van der Waals surface area contributed by atoms with E-state index in [1.807, 2.05) is 25.1 Å². The Bertz CT molecular complexity index is 388. The number of anilines is 2. The molecule has 0 aliphatic heterocycles. The topological polar surface area (TPSA) is 61.8 Å². The van der Waals surface area contributed by atoms with Crippen LogP contribution in [0, 0.1) is 11.3 Å². The Hall–Kier alpha value is -1.95. The summed E-state index contributed by atoms with van der Waals surface area (Å²) in [5, 5.41) is 11.9. The van der Waals surface area contributed by atoms with Crippen LogP contribution in [0.15, 0.2) is 30.4 Å². The molecule has 0 radical (unpaired) electrons. The molecule has 3 N–H and O–H groups in total. The minimum absolute atomic E-state index is 0.522. The first-order chi connectivity index (χ1) is 7.27. The van der Waals surface area contributed by atoms with Crippen molar-refractivity contribution in [3.8, 4) is 6.07 Å². The van der Waals surface area contributed by atoms with E-state index in [4.69, 9.17) is 11.0 Å². The average Bonchev–Trinajstić information content (AvgIpc) is 2.25. The van der Waals surface area contributed by atoms with Gasteiger partial charge in [0, 0.05) is 12.2 Å². The quantitative estimate of drug-likeness (QED) is 0.447. The summed E-state index contributed by atoms with van der Waals surface area (Å²) >= 11 is 0. The summed E-state index contributed by atoms with van der Waals surface area (Å²) in [4.78, 5) is 0. The minimum atomic E-state index is 0.522. The van der Waals surface area contributed by atoms with Crippen molar-refractivity contribution < 1.29 is 0 Å². The van der Waals surface area contributed by atoms with E-state index >= 15 is 0 Å². The maximum atomic E-state index is 8.70. The van der Waals surface area contributed by atoms with Gasteiger partial charge in [-0.15, -0.1) is 0 Å². The largest absolute Gasteiger partial charge is 0.398 e. The number of rotatable bonds is 4. The van der Waals surface area contributed by atoms with Gasteiger partial charge in [0.05, 0.1) is 11.3 Å². The van der Waals surface area contributed by atoms with E-state index in [1.54, 1.807) is 12.1 Å². The molecular formula is C12H15N3. The van der Waals surface area contributed by atoms with Crippen LogP contribution in [0.1, 0.15) is 18.9 Å². The SMILES string of the molecule is C/C=C/CCNc1ccc(C#N)c(N)c1. The number of nitriles is 1. The lowest BCUT2D eigenvalue weighted by Crippen LogP contribution is -2.01. The Balaban J connectivity index is 2.57. The van der Waals surface area contributed by atoms with Crippen LogP contribution in [-0.2, 0) is 0 Å². The van der Waals surface area contributed by atoms with Crippen molar-refractivity contribution in [1.29, 1.82) is 5.26 Å². The molecule has 0 saturated carbocycles. The van der Waals surface area contributed by atoms with Gasteiger partial charge in [0.1, 0.15) is 6.07 Å². The molecule has 3 nitrogen and oxygen atoms in total. The van der Waals surface area contributed by atoms with Gasteiger partial charge in [0.15, 0.2) is 0 Å². The molecule has 0 heterocycles. The zero-order valence-corrected chi connectivity index (χ0v) is 8.83. The van der Waals surface area contributed by atoms with Gasteiger partial charge in [-0.1, -0.05) is 12.2 Å². The fraction of sp³-hybridized carbons (Fsp3) is 0.250. The molecule has 0 amide bonds. The molecule has 0 aliphatic carbocycles. The van der Waals surface area contributed by atoms with E-state index in [1.165, 1.54) is 0 Å². The zero-order chi connectivity index (χ0) is 11.1. The van der Waals surface area contributed by atoms with Gasteiger partial charge in [0.25, 0.3) is 0 Å². The van der Waals surface area contributed by atoms with Crippen molar-refractivity contribution in [3.05, 3.63) is 35.9 Å². The van der Waals surface area contributed by atoms with Crippen LogP contribution < -0.4 is 11.1 Å². The van der Waals surface area contributed by atoms with E-state index < -0.39 is 0 Å². The molecule has 15 heavy (non-hydrogen) atoms. The first kappa shape index (κ1) is 11.1. The number of hydrogen-bond donors (Lipinski definition) is 2. The summed E-state index contributed by atoms with van der Waals surface area (Å²) < 4.78 is 0.